The third-order valence-electron chi connectivity index (χ3n) is 8.52. The number of hydrogen-bond donors (Lipinski definition) is 0. The van der Waals surface area contributed by atoms with Crippen LogP contribution in [0.1, 0.15) is 0 Å². The first-order valence-corrected chi connectivity index (χ1v) is 16.4. The molecule has 0 saturated carbocycles. The fourth-order valence-corrected chi connectivity index (χ4v) is 7.29. The van der Waals surface area contributed by atoms with Crippen LogP contribution in [0.15, 0.2) is 158 Å². The predicted octanol–water partition coefficient (Wildman–Crippen LogP) is 11.1. The van der Waals surface area contributed by atoms with E-state index in [1.165, 1.54) is 20.9 Å². The van der Waals surface area contributed by atoms with Crippen molar-refractivity contribution >= 4 is 43.1 Å². The van der Waals surface area contributed by atoms with E-state index in [0.717, 1.165) is 49.3 Å². The number of hydrogen-bond acceptors (Lipinski definition) is 5. The average molecular weight is 619 g/mol. The van der Waals surface area contributed by atoms with Crippen LogP contribution in [-0.2, 0) is 0 Å². The van der Waals surface area contributed by atoms with Crippen molar-refractivity contribution in [2.24, 2.45) is 0 Å². The highest BCUT2D eigenvalue weighted by molar-refractivity contribution is 7.22. The Morgan fingerprint density at radius 1 is 0.362 bits per heavy atom. The van der Waals surface area contributed by atoms with Crippen LogP contribution in [-0.4, -0.2) is 19.9 Å². The Hall–Kier alpha value is -6.04. The largest absolute Gasteiger partial charge is 0.236 e. The van der Waals surface area contributed by atoms with E-state index in [1.807, 2.05) is 66.7 Å². The first-order chi connectivity index (χ1) is 23.3. The van der Waals surface area contributed by atoms with Gasteiger partial charge in [0.15, 0.2) is 17.5 Å². The van der Waals surface area contributed by atoms with Gasteiger partial charge in [0, 0.05) is 27.6 Å². The zero-order chi connectivity index (χ0) is 31.2. The van der Waals surface area contributed by atoms with E-state index in [-0.39, 0.29) is 0 Å². The van der Waals surface area contributed by atoms with Crippen LogP contribution in [0.5, 0.6) is 0 Å². The van der Waals surface area contributed by atoms with E-state index in [4.69, 9.17) is 19.9 Å². The molecule has 7 aromatic carbocycles. The second kappa shape index (κ2) is 11.4. The van der Waals surface area contributed by atoms with Crippen LogP contribution >= 0.6 is 11.3 Å². The molecule has 0 fully saturated rings. The minimum Gasteiger partial charge on any atom is -0.236 e. The average Bonchev–Trinajstić information content (AvgIpc) is 3.60. The number of aromatic nitrogens is 4. The van der Waals surface area contributed by atoms with Crippen molar-refractivity contribution in [3.63, 3.8) is 0 Å². The molecule has 0 aliphatic heterocycles. The van der Waals surface area contributed by atoms with E-state index in [0.29, 0.717) is 17.5 Å². The topological polar surface area (TPSA) is 51.6 Å². The number of benzene rings is 7. The van der Waals surface area contributed by atoms with Crippen LogP contribution in [0.3, 0.4) is 0 Å². The van der Waals surface area contributed by atoms with E-state index >= 15 is 0 Å². The minimum atomic E-state index is 0.642. The first kappa shape index (κ1) is 27.3. The van der Waals surface area contributed by atoms with Gasteiger partial charge in [0.2, 0.25) is 0 Å². The van der Waals surface area contributed by atoms with Crippen molar-refractivity contribution in [3.05, 3.63) is 158 Å². The third-order valence-corrected chi connectivity index (χ3v) is 9.68. The number of thiazole rings is 1. The summed E-state index contributed by atoms with van der Waals surface area (Å²) in [4.78, 5) is 20.0. The summed E-state index contributed by atoms with van der Waals surface area (Å²) in [7, 11) is 0. The fourth-order valence-electron chi connectivity index (χ4n) is 6.19. The summed E-state index contributed by atoms with van der Waals surface area (Å²) in [5.41, 5.74) is 7.27. The number of fused-ring (bicyclic) bond motifs is 4. The SMILES string of the molecule is c1ccc(-c2nc(-c3ccccc3)nc(-c3cc(-c4ccc5ccc6nc(-c7ccccc7)sc6c5c4)c4ccccc4c3)n2)cc1. The van der Waals surface area contributed by atoms with Crippen molar-refractivity contribution in [2.75, 3.05) is 0 Å². The summed E-state index contributed by atoms with van der Waals surface area (Å²) >= 11 is 1.75. The zero-order valence-corrected chi connectivity index (χ0v) is 26.0. The van der Waals surface area contributed by atoms with Crippen molar-refractivity contribution in [1.82, 2.24) is 19.9 Å². The molecule has 9 rings (SSSR count). The van der Waals surface area contributed by atoms with Crippen LogP contribution in [0.25, 0.3) is 87.6 Å². The molecule has 0 unspecified atom stereocenters. The molecular weight excluding hydrogens is 593 g/mol. The molecule has 0 aliphatic carbocycles. The van der Waals surface area contributed by atoms with Gasteiger partial charge < -0.3 is 0 Å². The van der Waals surface area contributed by atoms with Crippen LogP contribution in [0.4, 0.5) is 0 Å². The lowest BCUT2D eigenvalue weighted by molar-refractivity contribution is 1.07. The summed E-state index contributed by atoms with van der Waals surface area (Å²) in [5, 5.41) is 5.74. The molecule has 0 amide bonds. The summed E-state index contributed by atoms with van der Waals surface area (Å²) in [5.74, 6) is 1.94. The predicted molar refractivity (Wildman–Crippen MR) is 195 cm³/mol. The van der Waals surface area contributed by atoms with Gasteiger partial charge in [-0.2, -0.15) is 0 Å². The molecule has 47 heavy (non-hydrogen) atoms. The minimum absolute atomic E-state index is 0.642. The molecule has 2 aromatic heterocycles. The smallest absolute Gasteiger partial charge is 0.164 e. The standard InChI is InChI=1S/C42H26N4S/c1-4-12-28(13-5-1)39-44-40(29-14-6-2-7-15-29)46-41(45-39)33-24-31-18-10-11-19-34(31)35(26-33)32-21-20-27-22-23-37-38(36(27)25-32)47-42(43-37)30-16-8-3-9-17-30/h1-26H. The van der Waals surface area contributed by atoms with Crippen LogP contribution in [0, 0.1) is 0 Å². The van der Waals surface area contributed by atoms with Crippen LogP contribution < -0.4 is 0 Å². The molecule has 0 bridgehead atoms. The molecule has 5 heteroatoms. The Balaban J connectivity index is 1.24. The van der Waals surface area contributed by atoms with Gasteiger partial charge in [0.1, 0.15) is 5.01 Å². The Morgan fingerprint density at radius 2 is 0.936 bits per heavy atom. The highest BCUT2D eigenvalue weighted by atomic mass is 32.1. The van der Waals surface area contributed by atoms with Gasteiger partial charge >= 0.3 is 0 Å². The van der Waals surface area contributed by atoms with Crippen molar-refractivity contribution < 1.29 is 0 Å². The molecule has 0 radical (unpaired) electrons. The lowest BCUT2D eigenvalue weighted by Gasteiger charge is -2.13. The molecule has 2 heterocycles. The van der Waals surface area contributed by atoms with E-state index in [9.17, 15) is 0 Å². The van der Waals surface area contributed by atoms with Gasteiger partial charge in [-0.15, -0.1) is 11.3 Å². The summed E-state index contributed by atoms with van der Waals surface area (Å²) in [6.45, 7) is 0. The van der Waals surface area contributed by atoms with Crippen molar-refractivity contribution in [3.8, 4) is 55.9 Å². The molecule has 0 saturated heterocycles. The van der Waals surface area contributed by atoms with Gasteiger partial charge in [0.05, 0.1) is 10.2 Å². The maximum absolute atomic E-state index is 5.03. The molecule has 9 aromatic rings. The maximum Gasteiger partial charge on any atom is 0.164 e. The maximum atomic E-state index is 5.03. The number of rotatable bonds is 5. The Kier molecular flexibility index (Phi) is 6.61. The molecule has 220 valence electrons. The Bertz CT molecular complexity index is 2500. The first-order valence-electron chi connectivity index (χ1n) is 15.6. The Labute approximate surface area is 275 Å². The monoisotopic (exact) mass is 618 g/mol. The molecule has 0 spiro atoms. The lowest BCUT2D eigenvalue weighted by atomic mass is 9.94. The molecule has 4 nitrogen and oxygen atoms in total. The van der Waals surface area contributed by atoms with Gasteiger partial charge in [-0.25, -0.2) is 19.9 Å². The quantitative estimate of drug-likeness (QED) is 0.193. The van der Waals surface area contributed by atoms with E-state index in [2.05, 4.69) is 91.0 Å². The number of nitrogens with zero attached hydrogens (tertiary/aromatic N) is 4. The van der Waals surface area contributed by atoms with Gasteiger partial charge in [-0.05, 0) is 51.6 Å². The van der Waals surface area contributed by atoms with Crippen molar-refractivity contribution in [2.45, 2.75) is 0 Å². The summed E-state index contributed by atoms with van der Waals surface area (Å²) in [6.07, 6.45) is 0. The summed E-state index contributed by atoms with van der Waals surface area (Å²) < 4.78 is 1.20. The van der Waals surface area contributed by atoms with E-state index < -0.39 is 0 Å². The van der Waals surface area contributed by atoms with Gasteiger partial charge in [-0.1, -0.05) is 133 Å². The third kappa shape index (κ3) is 5.03. The molecule has 0 N–H and O–H groups in total. The highest BCUT2D eigenvalue weighted by Crippen LogP contribution is 2.39. The van der Waals surface area contributed by atoms with Gasteiger partial charge in [-0.3, -0.25) is 0 Å². The Morgan fingerprint density at radius 3 is 1.62 bits per heavy atom. The molecule has 0 aliphatic rings. The van der Waals surface area contributed by atoms with E-state index in [1.54, 1.807) is 11.3 Å². The zero-order valence-electron chi connectivity index (χ0n) is 25.2. The highest BCUT2D eigenvalue weighted by Gasteiger charge is 2.16. The molecular formula is C42H26N4S. The summed E-state index contributed by atoms with van der Waals surface area (Å²) in [6, 6.07) is 54.6. The van der Waals surface area contributed by atoms with Crippen molar-refractivity contribution in [1.29, 1.82) is 0 Å². The van der Waals surface area contributed by atoms with Gasteiger partial charge in [0.25, 0.3) is 0 Å². The molecule has 0 atom stereocenters. The van der Waals surface area contributed by atoms with Crippen LogP contribution in [0.2, 0.25) is 0 Å². The lowest BCUT2D eigenvalue weighted by Crippen LogP contribution is -2.00. The normalized spacial score (nSPS) is 11.4. The second-order valence-electron chi connectivity index (χ2n) is 11.5. The fraction of sp³-hybridized carbons (Fsp3) is 0. The second-order valence-corrected chi connectivity index (χ2v) is 12.5.